The molecule has 106 valence electrons. The summed E-state index contributed by atoms with van der Waals surface area (Å²) >= 11 is 0. The topological polar surface area (TPSA) is 40.6 Å². The van der Waals surface area contributed by atoms with Crippen molar-refractivity contribution in [1.29, 1.82) is 0 Å². The molecule has 0 fully saturated rings. The maximum atomic E-state index is 12.1. The Labute approximate surface area is 111 Å². The lowest BCUT2D eigenvalue weighted by atomic mass is 9.93. The SMILES string of the molecule is CCCN(CC)C(=O)CN(C=O)C(C)(CC)CC. The van der Waals surface area contributed by atoms with Crippen molar-refractivity contribution in [2.75, 3.05) is 19.6 Å². The third-order valence-electron chi connectivity index (χ3n) is 3.88. The lowest BCUT2D eigenvalue weighted by molar-refractivity contribution is -0.139. The Morgan fingerprint density at radius 3 is 2.06 bits per heavy atom. The fourth-order valence-corrected chi connectivity index (χ4v) is 1.99. The van der Waals surface area contributed by atoms with Crippen molar-refractivity contribution in [2.45, 2.75) is 59.4 Å². The van der Waals surface area contributed by atoms with Crippen LogP contribution in [-0.2, 0) is 9.59 Å². The van der Waals surface area contributed by atoms with E-state index in [1.165, 1.54) is 0 Å². The van der Waals surface area contributed by atoms with Gasteiger partial charge in [0.25, 0.3) is 0 Å². The van der Waals surface area contributed by atoms with Gasteiger partial charge >= 0.3 is 0 Å². The highest BCUT2D eigenvalue weighted by molar-refractivity contribution is 5.80. The van der Waals surface area contributed by atoms with Gasteiger partial charge in [-0.25, -0.2) is 0 Å². The average Bonchev–Trinajstić information content (AvgIpc) is 2.40. The minimum Gasteiger partial charge on any atom is -0.341 e. The molecular formula is C14H28N2O2. The number of carbonyl (C=O) groups excluding carboxylic acids is 2. The normalized spacial score (nSPS) is 11.2. The van der Waals surface area contributed by atoms with Crippen molar-refractivity contribution < 1.29 is 9.59 Å². The van der Waals surface area contributed by atoms with Crippen LogP contribution in [0.5, 0.6) is 0 Å². The van der Waals surface area contributed by atoms with E-state index < -0.39 is 0 Å². The molecule has 0 unspecified atom stereocenters. The van der Waals surface area contributed by atoms with E-state index in [4.69, 9.17) is 0 Å². The van der Waals surface area contributed by atoms with Gasteiger partial charge in [-0.3, -0.25) is 9.59 Å². The average molecular weight is 256 g/mol. The molecule has 4 nitrogen and oxygen atoms in total. The van der Waals surface area contributed by atoms with Crippen LogP contribution in [0.2, 0.25) is 0 Å². The smallest absolute Gasteiger partial charge is 0.242 e. The Kier molecular flexibility index (Phi) is 7.64. The maximum Gasteiger partial charge on any atom is 0.242 e. The molecule has 0 aromatic carbocycles. The van der Waals surface area contributed by atoms with Crippen molar-refractivity contribution in [1.82, 2.24) is 9.80 Å². The molecule has 0 heterocycles. The molecule has 0 aliphatic rings. The molecule has 0 aliphatic heterocycles. The summed E-state index contributed by atoms with van der Waals surface area (Å²) in [4.78, 5) is 26.8. The van der Waals surface area contributed by atoms with Gasteiger partial charge in [0, 0.05) is 18.6 Å². The highest BCUT2D eigenvalue weighted by atomic mass is 16.2. The van der Waals surface area contributed by atoms with Crippen LogP contribution in [-0.4, -0.2) is 47.3 Å². The number of hydrogen-bond acceptors (Lipinski definition) is 2. The van der Waals surface area contributed by atoms with E-state index >= 15 is 0 Å². The molecule has 0 N–H and O–H groups in total. The fraction of sp³-hybridized carbons (Fsp3) is 0.857. The summed E-state index contributed by atoms with van der Waals surface area (Å²) < 4.78 is 0. The summed E-state index contributed by atoms with van der Waals surface area (Å²) in [6, 6.07) is 0. The molecular weight excluding hydrogens is 228 g/mol. The Morgan fingerprint density at radius 1 is 1.17 bits per heavy atom. The molecule has 0 atom stereocenters. The van der Waals surface area contributed by atoms with Crippen molar-refractivity contribution in [3.63, 3.8) is 0 Å². The van der Waals surface area contributed by atoms with Gasteiger partial charge in [0.1, 0.15) is 0 Å². The van der Waals surface area contributed by atoms with Crippen LogP contribution >= 0.6 is 0 Å². The van der Waals surface area contributed by atoms with E-state index in [0.717, 1.165) is 32.2 Å². The third kappa shape index (κ3) is 4.31. The highest BCUT2D eigenvalue weighted by Crippen LogP contribution is 2.21. The van der Waals surface area contributed by atoms with Crippen molar-refractivity contribution in [2.24, 2.45) is 0 Å². The van der Waals surface area contributed by atoms with Gasteiger partial charge in [-0.15, -0.1) is 0 Å². The van der Waals surface area contributed by atoms with Crippen molar-refractivity contribution >= 4 is 12.3 Å². The highest BCUT2D eigenvalue weighted by Gasteiger charge is 2.29. The molecule has 2 amide bonds. The van der Waals surface area contributed by atoms with Crippen LogP contribution in [0.15, 0.2) is 0 Å². The van der Waals surface area contributed by atoms with Gasteiger partial charge in [0.15, 0.2) is 0 Å². The molecule has 0 bridgehead atoms. The van der Waals surface area contributed by atoms with Gasteiger partial charge in [0.2, 0.25) is 12.3 Å². The first-order chi connectivity index (χ1) is 8.48. The van der Waals surface area contributed by atoms with E-state index in [9.17, 15) is 9.59 Å². The predicted molar refractivity (Wildman–Crippen MR) is 74.3 cm³/mol. The van der Waals surface area contributed by atoms with Crippen LogP contribution in [0.25, 0.3) is 0 Å². The molecule has 0 saturated heterocycles. The summed E-state index contributed by atoms with van der Waals surface area (Å²) in [5, 5.41) is 0. The Balaban J connectivity index is 4.71. The minimum atomic E-state index is -0.219. The zero-order chi connectivity index (χ0) is 14.2. The molecule has 0 saturated carbocycles. The first-order valence-corrected chi connectivity index (χ1v) is 6.98. The Hall–Kier alpha value is -1.06. The quantitative estimate of drug-likeness (QED) is 0.594. The van der Waals surface area contributed by atoms with Crippen LogP contribution in [0.4, 0.5) is 0 Å². The number of rotatable bonds is 9. The fourth-order valence-electron chi connectivity index (χ4n) is 1.99. The molecule has 0 aromatic heterocycles. The largest absolute Gasteiger partial charge is 0.341 e. The predicted octanol–water partition coefficient (Wildman–Crippen LogP) is 2.28. The van der Waals surface area contributed by atoms with Gasteiger partial charge in [-0.05, 0) is 33.1 Å². The summed E-state index contributed by atoms with van der Waals surface area (Å²) in [7, 11) is 0. The van der Waals surface area contributed by atoms with Crippen LogP contribution in [0.3, 0.4) is 0 Å². The van der Waals surface area contributed by atoms with Gasteiger partial charge in [0.05, 0.1) is 6.54 Å². The van der Waals surface area contributed by atoms with Crippen LogP contribution < -0.4 is 0 Å². The molecule has 0 aromatic rings. The number of nitrogens with zero attached hydrogens (tertiary/aromatic N) is 2. The third-order valence-corrected chi connectivity index (χ3v) is 3.88. The van der Waals surface area contributed by atoms with E-state index in [2.05, 4.69) is 6.92 Å². The minimum absolute atomic E-state index is 0.0413. The summed E-state index contributed by atoms with van der Waals surface area (Å²) in [6.45, 7) is 11.8. The van der Waals surface area contributed by atoms with Gasteiger partial charge < -0.3 is 9.80 Å². The second-order valence-electron chi connectivity index (χ2n) is 4.91. The molecule has 0 spiro atoms. The maximum absolute atomic E-state index is 12.1. The van der Waals surface area contributed by atoms with Crippen LogP contribution in [0.1, 0.15) is 53.9 Å². The van der Waals surface area contributed by atoms with E-state index in [1.54, 1.807) is 4.90 Å². The summed E-state index contributed by atoms with van der Waals surface area (Å²) in [6.07, 6.45) is 3.47. The lowest BCUT2D eigenvalue weighted by Gasteiger charge is -2.38. The Morgan fingerprint density at radius 2 is 1.72 bits per heavy atom. The monoisotopic (exact) mass is 256 g/mol. The second kappa shape index (κ2) is 8.11. The molecule has 4 heteroatoms. The number of amides is 2. The number of likely N-dealkylation sites (N-methyl/N-ethyl adjacent to an activating group) is 1. The first kappa shape index (κ1) is 16.9. The van der Waals surface area contributed by atoms with E-state index in [1.807, 2.05) is 32.6 Å². The number of carbonyl (C=O) groups is 2. The number of hydrogen-bond donors (Lipinski definition) is 0. The summed E-state index contributed by atoms with van der Waals surface area (Å²) in [5.41, 5.74) is -0.219. The van der Waals surface area contributed by atoms with Crippen molar-refractivity contribution in [3.8, 4) is 0 Å². The second-order valence-corrected chi connectivity index (χ2v) is 4.91. The van der Waals surface area contributed by atoms with E-state index in [0.29, 0.717) is 6.54 Å². The first-order valence-electron chi connectivity index (χ1n) is 6.98. The molecule has 0 radical (unpaired) electrons. The standard InChI is InChI=1S/C14H28N2O2/c1-6-10-15(9-4)13(18)11-16(12-17)14(5,7-2)8-3/h12H,6-11H2,1-5H3. The molecule has 0 rings (SSSR count). The van der Waals surface area contributed by atoms with Crippen molar-refractivity contribution in [3.05, 3.63) is 0 Å². The molecule has 0 aliphatic carbocycles. The lowest BCUT2D eigenvalue weighted by Crippen LogP contribution is -2.50. The Bertz CT molecular complexity index is 263. The summed E-state index contributed by atoms with van der Waals surface area (Å²) in [5.74, 6) is 0.0413. The van der Waals surface area contributed by atoms with Crippen LogP contribution in [0, 0.1) is 0 Å². The molecule has 18 heavy (non-hydrogen) atoms. The van der Waals surface area contributed by atoms with Gasteiger partial charge in [-0.1, -0.05) is 20.8 Å². The zero-order valence-corrected chi connectivity index (χ0v) is 12.5. The van der Waals surface area contributed by atoms with Gasteiger partial charge in [-0.2, -0.15) is 0 Å². The van der Waals surface area contributed by atoms with E-state index in [-0.39, 0.29) is 18.0 Å². The zero-order valence-electron chi connectivity index (χ0n) is 12.5.